The summed E-state index contributed by atoms with van der Waals surface area (Å²) in [7, 11) is 0. The average Bonchev–Trinajstić information content (AvgIpc) is 3.63. The molecule has 3 heterocycles. The van der Waals surface area contributed by atoms with Crippen molar-refractivity contribution in [2.24, 2.45) is 11.0 Å². The molecule has 1 aliphatic heterocycles. The minimum Gasteiger partial charge on any atom is -0.467 e. The van der Waals surface area contributed by atoms with Crippen molar-refractivity contribution >= 4 is 29.4 Å². The fourth-order valence-electron chi connectivity index (χ4n) is 4.51. The van der Waals surface area contributed by atoms with Crippen LogP contribution in [0.1, 0.15) is 47.2 Å². The lowest BCUT2D eigenvalue weighted by molar-refractivity contribution is -0.384. The van der Waals surface area contributed by atoms with Gasteiger partial charge in [0.1, 0.15) is 17.6 Å². The van der Waals surface area contributed by atoms with Crippen molar-refractivity contribution < 1.29 is 28.1 Å². The van der Waals surface area contributed by atoms with Gasteiger partial charge in [0.05, 0.1) is 28.7 Å². The Hall–Kier alpha value is -4.47. The Labute approximate surface area is 199 Å². The number of fused-ring (bicyclic) bond motifs is 1. The molecule has 3 aromatic rings. The lowest BCUT2D eigenvalue weighted by atomic mass is 9.79. The fourth-order valence-corrected chi connectivity index (χ4v) is 4.51. The zero-order chi connectivity index (χ0) is 24.4. The van der Waals surface area contributed by atoms with Crippen LogP contribution in [0.15, 0.2) is 80.6 Å². The summed E-state index contributed by atoms with van der Waals surface area (Å²) >= 11 is 0. The van der Waals surface area contributed by atoms with Crippen molar-refractivity contribution in [3.05, 3.63) is 93.8 Å². The van der Waals surface area contributed by atoms with E-state index in [0.717, 1.165) is 36.6 Å². The van der Waals surface area contributed by atoms with Crippen LogP contribution in [0.4, 0.5) is 5.69 Å². The number of allylic oxidation sites excluding steroid dienone is 1. The summed E-state index contributed by atoms with van der Waals surface area (Å²) in [4.78, 5) is 36.0. The van der Waals surface area contributed by atoms with Crippen LogP contribution in [0.2, 0.25) is 0 Å². The zero-order valence-electron chi connectivity index (χ0n) is 18.5. The summed E-state index contributed by atoms with van der Waals surface area (Å²) in [5.41, 5.74) is 1.51. The molecule has 1 fully saturated rings. The van der Waals surface area contributed by atoms with Crippen LogP contribution >= 0.6 is 0 Å². The topological polar surface area (TPSA) is 128 Å². The molecule has 10 heteroatoms. The van der Waals surface area contributed by atoms with E-state index in [-0.39, 0.29) is 17.2 Å². The highest BCUT2D eigenvalue weighted by atomic mass is 16.6. The summed E-state index contributed by atoms with van der Waals surface area (Å²) in [5.74, 6) is -0.142. The number of carbonyl (C=O) groups excluding carboxylic acids is 2. The van der Waals surface area contributed by atoms with Crippen molar-refractivity contribution in [2.75, 3.05) is 6.61 Å². The summed E-state index contributed by atoms with van der Waals surface area (Å²) in [6.07, 6.45) is 7.60. The number of ether oxygens (including phenoxy) is 1. The van der Waals surface area contributed by atoms with Crippen LogP contribution in [0.25, 0.3) is 6.08 Å². The molecule has 2 atom stereocenters. The number of hydrazone groups is 1. The Morgan fingerprint density at radius 2 is 2.00 bits per heavy atom. The Morgan fingerprint density at radius 1 is 1.17 bits per heavy atom. The lowest BCUT2D eigenvalue weighted by Crippen LogP contribution is -2.34. The monoisotopic (exact) mass is 475 g/mol. The lowest BCUT2D eigenvalue weighted by Gasteiger charge is -2.27. The van der Waals surface area contributed by atoms with Gasteiger partial charge in [-0.05, 0) is 61.2 Å². The Kier molecular flexibility index (Phi) is 6.01. The number of nitro benzene ring substituents is 1. The number of amides is 1. The number of furan rings is 2. The predicted octanol–water partition coefficient (Wildman–Crippen LogP) is 4.76. The van der Waals surface area contributed by atoms with Crippen LogP contribution in [-0.4, -0.2) is 34.1 Å². The van der Waals surface area contributed by atoms with Gasteiger partial charge in [-0.3, -0.25) is 14.9 Å². The number of hydrogen-bond acceptors (Lipinski definition) is 8. The van der Waals surface area contributed by atoms with Crippen LogP contribution in [0.5, 0.6) is 0 Å². The van der Waals surface area contributed by atoms with Crippen LogP contribution in [-0.2, 0) is 9.53 Å². The quantitative estimate of drug-likeness (QED) is 0.285. The number of esters is 1. The maximum absolute atomic E-state index is 13.2. The molecule has 1 aliphatic carbocycles. The van der Waals surface area contributed by atoms with Gasteiger partial charge < -0.3 is 13.6 Å². The molecule has 0 N–H and O–H groups in total. The molecule has 1 aromatic carbocycles. The number of nitrogens with zero attached hydrogens (tertiary/aromatic N) is 3. The molecule has 0 spiro atoms. The van der Waals surface area contributed by atoms with Crippen molar-refractivity contribution in [2.45, 2.75) is 25.3 Å². The molecule has 1 amide bonds. The highest BCUT2D eigenvalue weighted by Crippen LogP contribution is 2.44. The van der Waals surface area contributed by atoms with Gasteiger partial charge >= 0.3 is 5.97 Å². The number of rotatable bonds is 6. The van der Waals surface area contributed by atoms with Gasteiger partial charge in [0, 0.05) is 18.1 Å². The number of benzene rings is 1. The van der Waals surface area contributed by atoms with Gasteiger partial charge in [-0.2, -0.15) is 5.10 Å². The van der Waals surface area contributed by atoms with Gasteiger partial charge in [-0.25, -0.2) is 9.80 Å². The molecule has 178 valence electrons. The molecule has 2 aliphatic rings. The highest BCUT2D eigenvalue weighted by molar-refractivity contribution is 6.08. The Morgan fingerprint density at radius 3 is 2.74 bits per heavy atom. The van der Waals surface area contributed by atoms with E-state index < -0.39 is 29.4 Å². The molecular formula is C25H21N3O7. The second-order valence-electron chi connectivity index (χ2n) is 8.25. The van der Waals surface area contributed by atoms with E-state index in [1.54, 1.807) is 30.7 Å². The van der Waals surface area contributed by atoms with E-state index in [1.165, 1.54) is 23.2 Å². The molecule has 1 saturated carbocycles. The molecular weight excluding hydrogens is 454 g/mol. The number of carbonyl (C=O) groups is 2. The van der Waals surface area contributed by atoms with E-state index in [9.17, 15) is 19.7 Å². The largest absolute Gasteiger partial charge is 0.467 e. The summed E-state index contributed by atoms with van der Waals surface area (Å²) in [6.45, 7) is -0.570. The van der Waals surface area contributed by atoms with E-state index in [2.05, 4.69) is 5.10 Å². The average molecular weight is 475 g/mol. The highest BCUT2D eigenvalue weighted by Gasteiger charge is 2.45. The predicted molar refractivity (Wildman–Crippen MR) is 123 cm³/mol. The summed E-state index contributed by atoms with van der Waals surface area (Å²) in [6, 6.07) is 11.9. The van der Waals surface area contributed by atoms with Crippen LogP contribution < -0.4 is 0 Å². The zero-order valence-corrected chi connectivity index (χ0v) is 18.5. The first-order chi connectivity index (χ1) is 17.0. The van der Waals surface area contributed by atoms with Crippen molar-refractivity contribution in [3.8, 4) is 0 Å². The van der Waals surface area contributed by atoms with Gasteiger partial charge in [0.15, 0.2) is 6.61 Å². The summed E-state index contributed by atoms with van der Waals surface area (Å²) in [5, 5.41) is 16.9. The van der Waals surface area contributed by atoms with Crippen LogP contribution in [0, 0.1) is 16.0 Å². The Balaban J connectivity index is 1.38. The maximum Gasteiger partial charge on any atom is 0.338 e. The second-order valence-corrected chi connectivity index (χ2v) is 8.25. The maximum atomic E-state index is 13.2. The molecule has 0 saturated heterocycles. The standard InChI is InChI=1S/C25H21N3O7/c29-22(15-35-25(30)17-6-1-7-18(13-17)28(31)32)27-24(21-10-4-12-34-21)20-9-2-5-16(23(20)26-27)14-19-8-3-11-33-19/h1,3-4,6-8,10-14,20,24H,2,5,9,15H2. The van der Waals surface area contributed by atoms with Gasteiger partial charge in [0.25, 0.3) is 11.6 Å². The third-order valence-corrected chi connectivity index (χ3v) is 6.07. The summed E-state index contributed by atoms with van der Waals surface area (Å²) < 4.78 is 16.3. The Bertz CT molecular complexity index is 1310. The molecule has 10 nitrogen and oxygen atoms in total. The molecule has 0 bridgehead atoms. The molecule has 2 aromatic heterocycles. The third kappa shape index (κ3) is 4.50. The van der Waals surface area contributed by atoms with E-state index in [1.807, 2.05) is 12.1 Å². The number of non-ortho nitro benzene ring substituents is 1. The van der Waals surface area contributed by atoms with Gasteiger partial charge in [0.2, 0.25) is 0 Å². The van der Waals surface area contributed by atoms with Crippen molar-refractivity contribution in [3.63, 3.8) is 0 Å². The first kappa shape index (κ1) is 22.3. The molecule has 5 rings (SSSR count). The van der Waals surface area contributed by atoms with Gasteiger partial charge in [-0.1, -0.05) is 6.07 Å². The van der Waals surface area contributed by atoms with Crippen LogP contribution in [0.3, 0.4) is 0 Å². The minimum absolute atomic E-state index is 0.0142. The number of nitro groups is 1. The normalized spacial score (nSPS) is 20.4. The SMILES string of the molecule is O=C(OCC(=O)N1N=C2C(=Cc3ccco3)CCCC2C1c1ccco1)c1cccc([N+](=O)[O-])c1. The first-order valence-electron chi connectivity index (χ1n) is 11.1. The molecule has 35 heavy (non-hydrogen) atoms. The van der Waals surface area contributed by atoms with Crippen molar-refractivity contribution in [1.29, 1.82) is 0 Å². The molecule has 0 radical (unpaired) electrons. The van der Waals surface area contributed by atoms with Gasteiger partial charge in [-0.15, -0.1) is 0 Å². The smallest absolute Gasteiger partial charge is 0.338 e. The second kappa shape index (κ2) is 9.41. The van der Waals surface area contributed by atoms with Crippen molar-refractivity contribution in [1.82, 2.24) is 5.01 Å². The minimum atomic E-state index is -0.834. The fraction of sp³-hybridized carbons (Fsp3) is 0.240. The third-order valence-electron chi connectivity index (χ3n) is 6.07. The first-order valence-corrected chi connectivity index (χ1v) is 11.1. The molecule has 2 unspecified atom stereocenters. The van der Waals surface area contributed by atoms with E-state index in [4.69, 9.17) is 13.6 Å². The number of hydrogen-bond donors (Lipinski definition) is 0. The van der Waals surface area contributed by atoms with E-state index in [0.29, 0.717) is 11.5 Å². The van der Waals surface area contributed by atoms with E-state index >= 15 is 0 Å².